The topological polar surface area (TPSA) is 45.6 Å². The van der Waals surface area contributed by atoms with E-state index in [1.807, 2.05) is 0 Å². The van der Waals surface area contributed by atoms with Gasteiger partial charge in [0, 0.05) is 6.54 Å². The van der Waals surface area contributed by atoms with Crippen LogP contribution in [-0.4, -0.2) is 35.4 Å². The molecule has 1 aromatic rings. The third-order valence-electron chi connectivity index (χ3n) is 2.66. The first-order valence-corrected chi connectivity index (χ1v) is 6.11. The average Bonchev–Trinajstić information content (AvgIpc) is 2.65. The van der Waals surface area contributed by atoms with E-state index in [2.05, 4.69) is 23.7 Å². The van der Waals surface area contributed by atoms with E-state index in [0.29, 0.717) is 6.04 Å². The van der Waals surface area contributed by atoms with Gasteiger partial charge in [-0.1, -0.05) is 6.92 Å². The van der Waals surface area contributed by atoms with Crippen LogP contribution in [0.2, 0.25) is 0 Å². The molecular weight excluding hydrogens is 212 g/mol. The zero-order valence-corrected chi connectivity index (χ0v) is 9.83. The van der Waals surface area contributed by atoms with Crippen LogP contribution in [0.5, 0.6) is 5.88 Å². The van der Waals surface area contributed by atoms with Crippen molar-refractivity contribution in [3.05, 3.63) is 5.38 Å². The molecule has 0 radical (unpaired) electrons. The summed E-state index contributed by atoms with van der Waals surface area (Å²) in [5.41, 5.74) is 0. The largest absolute Gasteiger partial charge is 0.493 e. The molecule has 5 heteroatoms. The molecule has 0 aromatic carbocycles. The number of rotatable bonds is 2. The molecule has 0 bridgehead atoms. The first-order chi connectivity index (χ1) is 7.20. The predicted octanol–water partition coefficient (Wildman–Crippen LogP) is 1.85. The SMILES string of the molecule is CCC1COC(C)CN1c1nc(O)cs1. The quantitative estimate of drug-likeness (QED) is 0.839. The summed E-state index contributed by atoms with van der Waals surface area (Å²) in [6.45, 7) is 5.81. The van der Waals surface area contributed by atoms with Crippen LogP contribution < -0.4 is 4.90 Å². The van der Waals surface area contributed by atoms with Crippen molar-refractivity contribution in [1.29, 1.82) is 0 Å². The highest BCUT2D eigenvalue weighted by Gasteiger charge is 2.27. The Morgan fingerprint density at radius 2 is 2.53 bits per heavy atom. The standard InChI is InChI=1S/C10H16N2O2S/c1-3-8-5-14-7(2)4-12(8)10-11-9(13)6-15-10/h6-8,13H,3-5H2,1-2H3. The van der Waals surface area contributed by atoms with Crippen molar-refractivity contribution < 1.29 is 9.84 Å². The molecule has 1 aliphatic rings. The van der Waals surface area contributed by atoms with Crippen molar-refractivity contribution in [2.75, 3.05) is 18.1 Å². The highest BCUT2D eigenvalue weighted by molar-refractivity contribution is 7.13. The third kappa shape index (κ3) is 2.23. The van der Waals surface area contributed by atoms with Gasteiger partial charge < -0.3 is 14.7 Å². The van der Waals surface area contributed by atoms with Crippen molar-refractivity contribution in [1.82, 2.24) is 4.98 Å². The highest BCUT2D eigenvalue weighted by Crippen LogP contribution is 2.28. The number of morpholine rings is 1. The zero-order valence-electron chi connectivity index (χ0n) is 9.01. The Morgan fingerprint density at radius 1 is 1.73 bits per heavy atom. The number of nitrogens with zero attached hydrogens (tertiary/aromatic N) is 2. The molecule has 0 saturated carbocycles. The van der Waals surface area contributed by atoms with Gasteiger partial charge in [0.05, 0.1) is 24.1 Å². The summed E-state index contributed by atoms with van der Waals surface area (Å²) in [5.74, 6) is 0.115. The molecule has 2 rings (SSSR count). The van der Waals surface area contributed by atoms with Gasteiger partial charge in [0.2, 0.25) is 5.88 Å². The summed E-state index contributed by atoms with van der Waals surface area (Å²) in [6, 6.07) is 0.381. The van der Waals surface area contributed by atoms with Gasteiger partial charge in [0.15, 0.2) is 5.13 Å². The second kappa shape index (κ2) is 4.37. The van der Waals surface area contributed by atoms with Crippen LogP contribution in [0, 0.1) is 0 Å². The number of hydrogen-bond donors (Lipinski definition) is 1. The van der Waals surface area contributed by atoms with E-state index in [1.165, 1.54) is 11.3 Å². The lowest BCUT2D eigenvalue weighted by Gasteiger charge is -2.38. The molecule has 0 spiro atoms. The van der Waals surface area contributed by atoms with E-state index in [-0.39, 0.29) is 12.0 Å². The van der Waals surface area contributed by atoms with Gasteiger partial charge in [-0.3, -0.25) is 0 Å². The highest BCUT2D eigenvalue weighted by atomic mass is 32.1. The normalized spacial score (nSPS) is 26.9. The Hall–Kier alpha value is -0.810. The van der Waals surface area contributed by atoms with E-state index in [4.69, 9.17) is 4.74 Å². The van der Waals surface area contributed by atoms with Crippen molar-refractivity contribution >= 4 is 16.5 Å². The van der Waals surface area contributed by atoms with Gasteiger partial charge in [0.1, 0.15) is 0 Å². The average molecular weight is 228 g/mol. The molecule has 84 valence electrons. The Bertz CT molecular complexity index is 329. The van der Waals surface area contributed by atoms with Crippen LogP contribution in [0.4, 0.5) is 5.13 Å². The minimum absolute atomic E-state index is 0.115. The summed E-state index contributed by atoms with van der Waals surface area (Å²) in [4.78, 5) is 6.35. The number of anilines is 1. The Kier molecular flexibility index (Phi) is 3.11. The van der Waals surface area contributed by atoms with Gasteiger partial charge in [0.25, 0.3) is 0 Å². The van der Waals surface area contributed by atoms with Crippen LogP contribution in [0.3, 0.4) is 0 Å². The molecule has 0 amide bonds. The first kappa shape index (κ1) is 10.7. The number of aromatic hydroxyl groups is 1. The second-order valence-electron chi connectivity index (χ2n) is 3.85. The fourth-order valence-corrected chi connectivity index (χ4v) is 2.57. The molecule has 2 atom stereocenters. The Balaban J connectivity index is 2.16. The third-order valence-corrected chi connectivity index (χ3v) is 3.53. The van der Waals surface area contributed by atoms with Crippen LogP contribution in [0.25, 0.3) is 0 Å². The lowest BCUT2D eigenvalue weighted by molar-refractivity contribution is 0.0299. The number of hydrogen-bond acceptors (Lipinski definition) is 5. The van der Waals surface area contributed by atoms with Crippen molar-refractivity contribution in [2.45, 2.75) is 32.4 Å². The van der Waals surface area contributed by atoms with E-state index in [0.717, 1.165) is 24.7 Å². The number of thiazole rings is 1. The summed E-state index contributed by atoms with van der Waals surface area (Å²) in [6.07, 6.45) is 1.27. The fraction of sp³-hybridized carbons (Fsp3) is 0.700. The molecule has 4 nitrogen and oxygen atoms in total. The molecule has 2 heterocycles. The molecule has 0 aliphatic carbocycles. The summed E-state index contributed by atoms with van der Waals surface area (Å²) in [7, 11) is 0. The molecule has 1 N–H and O–H groups in total. The molecule has 1 aliphatic heterocycles. The predicted molar refractivity (Wildman–Crippen MR) is 60.6 cm³/mol. The maximum absolute atomic E-state index is 9.25. The van der Waals surface area contributed by atoms with Crippen molar-refractivity contribution in [3.63, 3.8) is 0 Å². The van der Waals surface area contributed by atoms with Crippen LogP contribution >= 0.6 is 11.3 Å². The minimum atomic E-state index is 0.115. The van der Waals surface area contributed by atoms with Crippen LogP contribution in [0.15, 0.2) is 5.38 Å². The number of aromatic nitrogens is 1. The Morgan fingerprint density at radius 3 is 3.13 bits per heavy atom. The molecule has 1 fully saturated rings. The summed E-state index contributed by atoms with van der Waals surface area (Å²) < 4.78 is 5.61. The molecular formula is C10H16N2O2S. The van der Waals surface area contributed by atoms with Crippen LogP contribution in [-0.2, 0) is 4.74 Å². The summed E-state index contributed by atoms with van der Waals surface area (Å²) >= 11 is 1.49. The van der Waals surface area contributed by atoms with Crippen molar-refractivity contribution in [2.24, 2.45) is 0 Å². The molecule has 1 aromatic heterocycles. The molecule has 2 unspecified atom stereocenters. The van der Waals surface area contributed by atoms with Gasteiger partial charge >= 0.3 is 0 Å². The van der Waals surface area contributed by atoms with E-state index >= 15 is 0 Å². The summed E-state index contributed by atoms with van der Waals surface area (Å²) in [5, 5.41) is 11.8. The number of ether oxygens (including phenoxy) is 1. The monoisotopic (exact) mass is 228 g/mol. The zero-order chi connectivity index (χ0) is 10.8. The second-order valence-corrected chi connectivity index (χ2v) is 4.68. The maximum Gasteiger partial charge on any atom is 0.223 e. The molecule has 15 heavy (non-hydrogen) atoms. The van der Waals surface area contributed by atoms with Gasteiger partial charge in [-0.05, 0) is 13.3 Å². The van der Waals surface area contributed by atoms with Gasteiger partial charge in [-0.15, -0.1) is 11.3 Å². The molecule has 1 saturated heterocycles. The van der Waals surface area contributed by atoms with Gasteiger partial charge in [-0.25, -0.2) is 0 Å². The smallest absolute Gasteiger partial charge is 0.223 e. The van der Waals surface area contributed by atoms with E-state index in [9.17, 15) is 5.11 Å². The van der Waals surface area contributed by atoms with E-state index in [1.54, 1.807) is 5.38 Å². The van der Waals surface area contributed by atoms with Gasteiger partial charge in [-0.2, -0.15) is 4.98 Å². The lowest BCUT2D eigenvalue weighted by Crippen LogP contribution is -2.48. The van der Waals surface area contributed by atoms with Crippen LogP contribution in [0.1, 0.15) is 20.3 Å². The van der Waals surface area contributed by atoms with Crippen molar-refractivity contribution in [3.8, 4) is 5.88 Å². The maximum atomic E-state index is 9.25. The lowest BCUT2D eigenvalue weighted by atomic mass is 10.1. The minimum Gasteiger partial charge on any atom is -0.493 e. The fourth-order valence-electron chi connectivity index (χ4n) is 1.80. The Labute approximate surface area is 93.5 Å². The van der Waals surface area contributed by atoms with E-state index < -0.39 is 0 Å². The first-order valence-electron chi connectivity index (χ1n) is 5.23.